The molecular formula is C12H22N4O3S. The van der Waals surface area contributed by atoms with E-state index in [-0.39, 0.29) is 11.1 Å². The maximum absolute atomic E-state index is 12.4. The summed E-state index contributed by atoms with van der Waals surface area (Å²) in [5.41, 5.74) is 1.47. The fourth-order valence-corrected chi connectivity index (χ4v) is 3.61. The summed E-state index contributed by atoms with van der Waals surface area (Å²) in [4.78, 5) is 0. The number of H-pyrrole nitrogens is 1. The molecule has 1 atom stereocenters. The Kier molecular flexibility index (Phi) is 5.14. The Hall–Kier alpha value is -0.960. The molecule has 1 aliphatic heterocycles. The van der Waals surface area contributed by atoms with Crippen LogP contribution in [0, 0.1) is 6.92 Å². The SMILES string of the molecule is CCCNCc1c(S(=O)(=O)NC2CCOC2)n[nH]c1C. The molecule has 0 aromatic carbocycles. The van der Waals surface area contributed by atoms with Gasteiger partial charge in [0.15, 0.2) is 5.03 Å². The summed E-state index contributed by atoms with van der Waals surface area (Å²) in [5.74, 6) is 0. The summed E-state index contributed by atoms with van der Waals surface area (Å²) in [6.45, 7) is 6.24. The van der Waals surface area contributed by atoms with Gasteiger partial charge in [0.05, 0.1) is 6.61 Å². The van der Waals surface area contributed by atoms with Gasteiger partial charge in [-0.05, 0) is 26.3 Å². The third kappa shape index (κ3) is 3.57. The van der Waals surface area contributed by atoms with Crippen molar-refractivity contribution in [3.05, 3.63) is 11.3 Å². The second-order valence-electron chi connectivity index (χ2n) is 4.99. The van der Waals surface area contributed by atoms with Crippen molar-refractivity contribution in [1.29, 1.82) is 0 Å². The van der Waals surface area contributed by atoms with Crippen molar-refractivity contribution in [1.82, 2.24) is 20.2 Å². The highest BCUT2D eigenvalue weighted by atomic mass is 32.2. The van der Waals surface area contributed by atoms with E-state index in [0.717, 1.165) is 18.7 Å². The Labute approximate surface area is 119 Å². The van der Waals surface area contributed by atoms with Gasteiger partial charge in [0.1, 0.15) is 0 Å². The highest BCUT2D eigenvalue weighted by molar-refractivity contribution is 7.89. The van der Waals surface area contributed by atoms with E-state index in [9.17, 15) is 8.42 Å². The highest BCUT2D eigenvalue weighted by Gasteiger charge is 2.28. The molecule has 0 spiro atoms. The lowest BCUT2D eigenvalue weighted by Gasteiger charge is -2.11. The Morgan fingerprint density at radius 3 is 2.95 bits per heavy atom. The molecule has 20 heavy (non-hydrogen) atoms. The van der Waals surface area contributed by atoms with Crippen LogP contribution in [-0.4, -0.2) is 44.4 Å². The molecule has 0 saturated carbocycles. The number of sulfonamides is 1. The summed E-state index contributed by atoms with van der Waals surface area (Å²) in [7, 11) is -3.60. The first-order chi connectivity index (χ1) is 9.54. The van der Waals surface area contributed by atoms with E-state index in [4.69, 9.17) is 4.74 Å². The number of rotatable bonds is 7. The third-order valence-electron chi connectivity index (χ3n) is 3.27. The molecular weight excluding hydrogens is 280 g/mol. The standard InChI is InChI=1S/C12H22N4O3S/c1-3-5-13-7-11-9(2)14-15-12(11)20(17,18)16-10-4-6-19-8-10/h10,13,16H,3-8H2,1-2H3,(H,14,15). The van der Waals surface area contributed by atoms with Crippen LogP contribution in [0.3, 0.4) is 0 Å². The van der Waals surface area contributed by atoms with E-state index >= 15 is 0 Å². The van der Waals surface area contributed by atoms with Crippen LogP contribution in [0.4, 0.5) is 0 Å². The third-order valence-corrected chi connectivity index (χ3v) is 4.76. The minimum atomic E-state index is -3.60. The molecule has 0 amide bonds. The first-order valence-corrected chi connectivity index (χ1v) is 8.37. The van der Waals surface area contributed by atoms with Crippen molar-refractivity contribution in [2.24, 2.45) is 0 Å². The molecule has 1 aliphatic rings. The number of hydrogen-bond acceptors (Lipinski definition) is 5. The lowest BCUT2D eigenvalue weighted by molar-refractivity contribution is 0.192. The molecule has 0 radical (unpaired) electrons. The minimum absolute atomic E-state index is 0.0884. The van der Waals surface area contributed by atoms with E-state index in [2.05, 4.69) is 27.2 Å². The maximum atomic E-state index is 12.4. The first kappa shape index (κ1) is 15.4. The summed E-state index contributed by atoms with van der Waals surface area (Å²) in [6.07, 6.45) is 1.70. The quantitative estimate of drug-likeness (QED) is 0.629. The van der Waals surface area contributed by atoms with Crippen LogP contribution >= 0.6 is 0 Å². The number of nitrogens with one attached hydrogen (secondary N) is 3. The topological polar surface area (TPSA) is 96.1 Å². The second-order valence-corrected chi connectivity index (χ2v) is 6.62. The second kappa shape index (κ2) is 6.66. The normalized spacial score (nSPS) is 19.6. The molecule has 2 rings (SSSR count). The molecule has 8 heteroatoms. The van der Waals surface area contributed by atoms with Gasteiger partial charge in [0, 0.05) is 30.5 Å². The molecule has 0 aliphatic carbocycles. The Bertz CT molecular complexity index is 535. The zero-order valence-corrected chi connectivity index (χ0v) is 12.7. The monoisotopic (exact) mass is 302 g/mol. The van der Waals surface area contributed by atoms with Gasteiger partial charge in [-0.15, -0.1) is 0 Å². The lowest BCUT2D eigenvalue weighted by atomic mass is 10.2. The average Bonchev–Trinajstić information content (AvgIpc) is 3.00. The van der Waals surface area contributed by atoms with Gasteiger partial charge in [-0.1, -0.05) is 6.92 Å². The van der Waals surface area contributed by atoms with E-state index < -0.39 is 10.0 Å². The fraction of sp³-hybridized carbons (Fsp3) is 0.750. The van der Waals surface area contributed by atoms with Crippen molar-refractivity contribution < 1.29 is 13.2 Å². The van der Waals surface area contributed by atoms with E-state index in [1.807, 2.05) is 6.92 Å². The van der Waals surface area contributed by atoms with Crippen molar-refractivity contribution >= 4 is 10.0 Å². The summed E-state index contributed by atoms with van der Waals surface area (Å²) >= 11 is 0. The number of nitrogens with zero attached hydrogens (tertiary/aromatic N) is 1. The predicted molar refractivity (Wildman–Crippen MR) is 74.9 cm³/mol. The molecule has 1 aromatic rings. The number of aromatic nitrogens is 2. The molecule has 7 nitrogen and oxygen atoms in total. The molecule has 2 heterocycles. The average molecular weight is 302 g/mol. The van der Waals surface area contributed by atoms with E-state index in [1.165, 1.54) is 0 Å². The van der Waals surface area contributed by atoms with Crippen LogP contribution in [0.5, 0.6) is 0 Å². The smallest absolute Gasteiger partial charge is 0.260 e. The van der Waals surface area contributed by atoms with Crippen LogP contribution < -0.4 is 10.0 Å². The zero-order chi connectivity index (χ0) is 14.6. The van der Waals surface area contributed by atoms with Crippen LogP contribution in [0.15, 0.2) is 5.03 Å². The van der Waals surface area contributed by atoms with E-state index in [1.54, 1.807) is 0 Å². The predicted octanol–water partition coefficient (Wildman–Crippen LogP) is 0.285. The Balaban J connectivity index is 2.13. The minimum Gasteiger partial charge on any atom is -0.380 e. The lowest BCUT2D eigenvalue weighted by Crippen LogP contribution is -2.36. The van der Waals surface area contributed by atoms with Crippen LogP contribution in [0.25, 0.3) is 0 Å². The molecule has 114 valence electrons. The Morgan fingerprint density at radius 1 is 1.50 bits per heavy atom. The maximum Gasteiger partial charge on any atom is 0.260 e. The molecule has 1 aromatic heterocycles. The molecule has 0 bridgehead atoms. The van der Waals surface area contributed by atoms with Crippen LogP contribution in [0.1, 0.15) is 31.0 Å². The number of hydrogen-bond donors (Lipinski definition) is 3. The molecule has 1 saturated heterocycles. The summed E-state index contributed by atoms with van der Waals surface area (Å²) in [6, 6.07) is -0.159. The zero-order valence-electron chi connectivity index (χ0n) is 11.9. The molecule has 1 unspecified atom stereocenters. The van der Waals surface area contributed by atoms with Gasteiger partial charge in [0.25, 0.3) is 10.0 Å². The highest BCUT2D eigenvalue weighted by Crippen LogP contribution is 2.17. The molecule has 3 N–H and O–H groups in total. The van der Waals surface area contributed by atoms with Gasteiger partial charge >= 0.3 is 0 Å². The van der Waals surface area contributed by atoms with Crippen LogP contribution in [-0.2, 0) is 21.3 Å². The number of ether oxygens (including phenoxy) is 1. The summed E-state index contributed by atoms with van der Waals surface area (Å²) in [5, 5.41) is 10.0. The van der Waals surface area contributed by atoms with Gasteiger partial charge in [-0.3, -0.25) is 5.10 Å². The number of aromatic amines is 1. The van der Waals surface area contributed by atoms with Gasteiger partial charge in [-0.25, -0.2) is 13.1 Å². The fourth-order valence-electron chi connectivity index (χ4n) is 2.15. The van der Waals surface area contributed by atoms with Crippen molar-refractivity contribution in [2.75, 3.05) is 19.8 Å². The largest absolute Gasteiger partial charge is 0.380 e. The van der Waals surface area contributed by atoms with Gasteiger partial charge in [-0.2, -0.15) is 5.10 Å². The first-order valence-electron chi connectivity index (χ1n) is 6.89. The van der Waals surface area contributed by atoms with Crippen molar-refractivity contribution in [2.45, 2.75) is 44.3 Å². The number of aryl methyl sites for hydroxylation is 1. The van der Waals surface area contributed by atoms with E-state index in [0.29, 0.717) is 31.7 Å². The summed E-state index contributed by atoms with van der Waals surface area (Å²) < 4.78 is 32.6. The van der Waals surface area contributed by atoms with Crippen molar-refractivity contribution in [3.8, 4) is 0 Å². The Morgan fingerprint density at radius 2 is 2.30 bits per heavy atom. The molecule has 1 fully saturated rings. The van der Waals surface area contributed by atoms with Gasteiger partial charge < -0.3 is 10.1 Å². The van der Waals surface area contributed by atoms with Crippen LogP contribution in [0.2, 0.25) is 0 Å². The van der Waals surface area contributed by atoms with Gasteiger partial charge in [0.2, 0.25) is 0 Å². The van der Waals surface area contributed by atoms with Crippen molar-refractivity contribution in [3.63, 3.8) is 0 Å².